The quantitative estimate of drug-likeness (QED) is 0.911. The van der Waals surface area contributed by atoms with Crippen LogP contribution >= 0.6 is 0 Å². The van der Waals surface area contributed by atoms with Gasteiger partial charge in [-0.05, 0) is 42.3 Å². The van der Waals surface area contributed by atoms with E-state index < -0.39 is 26.6 Å². The molecule has 4 nitrogen and oxygen atoms in total. The molecule has 0 heterocycles. The maximum absolute atomic E-state index is 13.8. The van der Waals surface area contributed by atoms with E-state index >= 15 is 0 Å². The second-order valence-electron chi connectivity index (χ2n) is 4.56. The molecule has 0 amide bonds. The number of anilines is 1. The third kappa shape index (κ3) is 3.37. The summed E-state index contributed by atoms with van der Waals surface area (Å²) in [4.78, 5) is -0.555. The minimum Gasteiger partial charge on any atom is -0.326 e. The highest BCUT2D eigenvalue weighted by Gasteiger charge is 2.20. The van der Waals surface area contributed by atoms with Crippen LogP contribution in [-0.4, -0.2) is 8.42 Å². The molecule has 3 N–H and O–H groups in total. The largest absolute Gasteiger partial charge is 0.326 e. The molecule has 2 rings (SSSR count). The van der Waals surface area contributed by atoms with Crippen molar-refractivity contribution >= 4 is 15.7 Å². The van der Waals surface area contributed by atoms with Gasteiger partial charge in [-0.2, -0.15) is 0 Å². The highest BCUT2D eigenvalue weighted by molar-refractivity contribution is 7.92. The van der Waals surface area contributed by atoms with E-state index in [9.17, 15) is 17.2 Å². The molecule has 0 saturated carbocycles. The van der Waals surface area contributed by atoms with Crippen LogP contribution in [0.1, 0.15) is 11.1 Å². The van der Waals surface area contributed by atoms with Crippen LogP contribution in [0, 0.1) is 18.6 Å². The van der Waals surface area contributed by atoms with Crippen LogP contribution in [0.25, 0.3) is 0 Å². The molecule has 21 heavy (non-hydrogen) atoms. The first-order valence-corrected chi connectivity index (χ1v) is 7.59. The maximum Gasteiger partial charge on any atom is 0.264 e. The number of aryl methyl sites for hydroxylation is 1. The summed E-state index contributed by atoms with van der Waals surface area (Å²) in [5.41, 5.74) is 6.27. The zero-order valence-electron chi connectivity index (χ0n) is 11.2. The van der Waals surface area contributed by atoms with Crippen LogP contribution in [0.5, 0.6) is 0 Å². The fourth-order valence-corrected chi connectivity index (χ4v) is 2.93. The number of hydrogen-bond acceptors (Lipinski definition) is 3. The number of nitrogens with one attached hydrogen (secondary N) is 1. The van der Waals surface area contributed by atoms with Crippen LogP contribution in [0.4, 0.5) is 14.5 Å². The van der Waals surface area contributed by atoms with Gasteiger partial charge in [0.15, 0.2) is 0 Å². The average Bonchev–Trinajstić information content (AvgIpc) is 2.42. The molecule has 0 bridgehead atoms. The average molecular weight is 312 g/mol. The summed E-state index contributed by atoms with van der Waals surface area (Å²) in [6.45, 7) is 1.78. The van der Waals surface area contributed by atoms with E-state index in [1.54, 1.807) is 6.92 Å². The lowest BCUT2D eigenvalue weighted by Crippen LogP contribution is -2.16. The lowest BCUT2D eigenvalue weighted by Gasteiger charge is -2.11. The number of rotatable bonds is 4. The molecule has 0 spiro atoms. The van der Waals surface area contributed by atoms with Crippen molar-refractivity contribution in [3.63, 3.8) is 0 Å². The van der Waals surface area contributed by atoms with Gasteiger partial charge in [0.05, 0.1) is 5.69 Å². The Morgan fingerprint density at radius 2 is 1.81 bits per heavy atom. The van der Waals surface area contributed by atoms with Gasteiger partial charge < -0.3 is 5.73 Å². The Balaban J connectivity index is 2.41. The van der Waals surface area contributed by atoms with Gasteiger partial charge in [0, 0.05) is 6.54 Å². The smallest absolute Gasteiger partial charge is 0.264 e. The van der Waals surface area contributed by atoms with E-state index in [0.717, 1.165) is 18.2 Å². The molecule has 0 fully saturated rings. The predicted octanol–water partition coefficient (Wildman–Crippen LogP) is 2.53. The van der Waals surface area contributed by atoms with Crippen molar-refractivity contribution in [2.45, 2.75) is 18.4 Å². The SMILES string of the molecule is Cc1ccc(F)c(NS(=O)(=O)c2ccc(CN)cc2F)c1. The molecule has 0 aliphatic carbocycles. The van der Waals surface area contributed by atoms with Crippen molar-refractivity contribution in [1.29, 1.82) is 0 Å². The van der Waals surface area contributed by atoms with E-state index in [1.807, 2.05) is 4.72 Å². The third-order valence-corrected chi connectivity index (χ3v) is 4.29. The molecule has 2 aromatic carbocycles. The zero-order valence-corrected chi connectivity index (χ0v) is 12.0. The van der Waals surface area contributed by atoms with Crippen molar-refractivity contribution in [3.8, 4) is 0 Å². The van der Waals surface area contributed by atoms with Crippen LogP contribution in [-0.2, 0) is 16.6 Å². The van der Waals surface area contributed by atoms with Gasteiger partial charge in [0.2, 0.25) is 0 Å². The van der Waals surface area contributed by atoms with Crippen molar-refractivity contribution in [2.75, 3.05) is 4.72 Å². The van der Waals surface area contributed by atoms with Gasteiger partial charge >= 0.3 is 0 Å². The first-order chi connectivity index (χ1) is 9.83. The molecule has 0 saturated heterocycles. The molecule has 0 aliphatic rings. The Bertz CT molecular complexity index is 777. The van der Waals surface area contributed by atoms with Crippen molar-refractivity contribution in [2.24, 2.45) is 5.73 Å². The number of hydrogen-bond donors (Lipinski definition) is 2. The summed E-state index contributed by atoms with van der Waals surface area (Å²) in [5.74, 6) is -1.67. The summed E-state index contributed by atoms with van der Waals surface area (Å²) < 4.78 is 53.8. The Morgan fingerprint density at radius 3 is 2.43 bits per heavy atom. The second kappa shape index (κ2) is 5.79. The topological polar surface area (TPSA) is 72.2 Å². The fourth-order valence-electron chi connectivity index (χ4n) is 1.81. The first kappa shape index (κ1) is 15.4. The van der Waals surface area contributed by atoms with Gasteiger partial charge in [0.1, 0.15) is 16.5 Å². The highest BCUT2D eigenvalue weighted by Crippen LogP contribution is 2.22. The van der Waals surface area contributed by atoms with E-state index in [1.165, 1.54) is 18.2 Å². The van der Waals surface area contributed by atoms with E-state index in [0.29, 0.717) is 11.1 Å². The Morgan fingerprint density at radius 1 is 1.10 bits per heavy atom. The van der Waals surface area contributed by atoms with Crippen LogP contribution in [0.2, 0.25) is 0 Å². The number of halogens is 2. The third-order valence-electron chi connectivity index (χ3n) is 2.89. The zero-order chi connectivity index (χ0) is 15.6. The molecule has 0 aliphatic heterocycles. The number of nitrogens with two attached hydrogens (primary N) is 1. The van der Waals surface area contributed by atoms with Crippen LogP contribution < -0.4 is 10.5 Å². The molecule has 2 aromatic rings. The number of benzene rings is 2. The van der Waals surface area contributed by atoms with E-state index in [-0.39, 0.29) is 12.2 Å². The maximum atomic E-state index is 13.8. The highest BCUT2D eigenvalue weighted by atomic mass is 32.2. The van der Waals surface area contributed by atoms with Gasteiger partial charge in [-0.25, -0.2) is 17.2 Å². The monoisotopic (exact) mass is 312 g/mol. The summed E-state index contributed by atoms with van der Waals surface area (Å²) in [6.07, 6.45) is 0. The summed E-state index contributed by atoms with van der Waals surface area (Å²) in [5, 5.41) is 0. The molecule has 0 unspecified atom stereocenters. The Hall–Kier alpha value is -1.99. The van der Waals surface area contributed by atoms with Gasteiger partial charge in [-0.1, -0.05) is 12.1 Å². The minimum atomic E-state index is -4.21. The molecule has 0 atom stereocenters. The van der Waals surface area contributed by atoms with Crippen molar-refractivity contribution in [3.05, 3.63) is 59.2 Å². The minimum absolute atomic E-state index is 0.0944. The normalized spacial score (nSPS) is 11.4. The summed E-state index contributed by atoms with van der Waals surface area (Å²) in [6, 6.07) is 7.53. The van der Waals surface area contributed by atoms with E-state index in [2.05, 4.69) is 0 Å². The van der Waals surface area contributed by atoms with Gasteiger partial charge in [0.25, 0.3) is 10.0 Å². The predicted molar refractivity (Wildman–Crippen MR) is 76.2 cm³/mol. The van der Waals surface area contributed by atoms with Crippen molar-refractivity contribution in [1.82, 2.24) is 0 Å². The van der Waals surface area contributed by atoms with Crippen molar-refractivity contribution < 1.29 is 17.2 Å². The molecule has 0 aromatic heterocycles. The summed E-state index contributed by atoms with van der Waals surface area (Å²) in [7, 11) is -4.21. The van der Waals surface area contributed by atoms with Crippen LogP contribution in [0.3, 0.4) is 0 Å². The van der Waals surface area contributed by atoms with Gasteiger partial charge in [-0.3, -0.25) is 4.72 Å². The Labute approximate surface area is 121 Å². The standard InChI is InChI=1S/C14H14F2N2O2S/c1-9-2-4-11(15)13(6-9)18-21(19,20)14-5-3-10(8-17)7-12(14)16/h2-7,18H,8,17H2,1H3. The van der Waals surface area contributed by atoms with Gasteiger partial charge in [-0.15, -0.1) is 0 Å². The van der Waals surface area contributed by atoms with E-state index in [4.69, 9.17) is 5.73 Å². The lowest BCUT2D eigenvalue weighted by molar-refractivity contribution is 0.568. The molecular formula is C14H14F2N2O2S. The molecule has 112 valence electrons. The molecule has 7 heteroatoms. The lowest BCUT2D eigenvalue weighted by atomic mass is 10.2. The molecule has 0 radical (unpaired) electrons. The second-order valence-corrected chi connectivity index (χ2v) is 6.21. The first-order valence-electron chi connectivity index (χ1n) is 6.11. The fraction of sp³-hybridized carbons (Fsp3) is 0.143. The summed E-state index contributed by atoms with van der Waals surface area (Å²) >= 11 is 0. The molecular weight excluding hydrogens is 298 g/mol. The Kier molecular flexibility index (Phi) is 4.24. The number of sulfonamides is 1. The van der Waals surface area contributed by atoms with Crippen LogP contribution in [0.15, 0.2) is 41.3 Å².